The topological polar surface area (TPSA) is 55.8 Å². The molecule has 0 aliphatic rings. The average molecular weight is 468 g/mol. The van der Waals surface area contributed by atoms with Crippen LogP contribution >= 0.6 is 0 Å². The predicted octanol–water partition coefficient (Wildman–Crippen LogP) is 7.23. The lowest BCUT2D eigenvalue weighted by Gasteiger charge is -2.16. The molecule has 0 unspecified atom stereocenters. The average Bonchev–Trinajstić information content (AvgIpc) is 2.82. The molecule has 194 valence electrons. The SMILES string of the molecule is CCCCCCCCCCCCCCCCCCOC(=O)C=CC(=O)OCCN(CC)CC. The first-order valence-corrected chi connectivity index (χ1v) is 13.9. The van der Waals surface area contributed by atoms with E-state index in [9.17, 15) is 9.59 Å². The molecular formula is C28H53NO4. The van der Waals surface area contributed by atoms with Gasteiger partial charge < -0.3 is 14.4 Å². The van der Waals surface area contributed by atoms with Crippen molar-refractivity contribution in [2.45, 2.75) is 124 Å². The molecular weight excluding hydrogens is 414 g/mol. The number of ether oxygens (including phenoxy) is 2. The van der Waals surface area contributed by atoms with E-state index >= 15 is 0 Å². The zero-order chi connectivity index (χ0) is 24.4. The second-order valence-electron chi connectivity index (χ2n) is 9.00. The molecule has 5 nitrogen and oxygen atoms in total. The van der Waals surface area contributed by atoms with E-state index in [-0.39, 0.29) is 0 Å². The fourth-order valence-electron chi connectivity index (χ4n) is 3.87. The predicted molar refractivity (Wildman–Crippen MR) is 138 cm³/mol. The highest BCUT2D eigenvalue weighted by molar-refractivity contribution is 5.91. The Morgan fingerprint density at radius 3 is 1.30 bits per heavy atom. The minimum Gasteiger partial charge on any atom is -0.463 e. The molecule has 0 saturated heterocycles. The summed E-state index contributed by atoms with van der Waals surface area (Å²) in [6.07, 6.45) is 23.4. The molecule has 0 aliphatic carbocycles. The zero-order valence-corrected chi connectivity index (χ0v) is 22.1. The van der Waals surface area contributed by atoms with E-state index in [0.29, 0.717) is 19.8 Å². The highest BCUT2D eigenvalue weighted by atomic mass is 16.5. The Hall–Kier alpha value is -1.36. The number of esters is 2. The van der Waals surface area contributed by atoms with Gasteiger partial charge in [0.2, 0.25) is 0 Å². The Morgan fingerprint density at radius 1 is 0.545 bits per heavy atom. The molecule has 5 heteroatoms. The van der Waals surface area contributed by atoms with E-state index < -0.39 is 11.9 Å². The van der Waals surface area contributed by atoms with Gasteiger partial charge in [-0.05, 0) is 19.5 Å². The van der Waals surface area contributed by atoms with Gasteiger partial charge in [-0.2, -0.15) is 0 Å². The molecule has 0 aromatic carbocycles. The fraction of sp³-hybridized carbons (Fsp3) is 0.857. The first-order valence-electron chi connectivity index (χ1n) is 13.9. The number of nitrogens with zero attached hydrogens (tertiary/aromatic N) is 1. The largest absolute Gasteiger partial charge is 0.463 e. The summed E-state index contributed by atoms with van der Waals surface area (Å²) in [4.78, 5) is 25.4. The van der Waals surface area contributed by atoms with Crippen LogP contribution < -0.4 is 0 Å². The van der Waals surface area contributed by atoms with E-state index in [4.69, 9.17) is 9.47 Å². The van der Waals surface area contributed by atoms with Crippen molar-refractivity contribution in [2.75, 3.05) is 32.8 Å². The van der Waals surface area contributed by atoms with Crippen molar-refractivity contribution in [3.05, 3.63) is 12.2 Å². The molecule has 0 heterocycles. The third-order valence-corrected chi connectivity index (χ3v) is 6.14. The molecule has 0 bridgehead atoms. The summed E-state index contributed by atoms with van der Waals surface area (Å²) in [6.45, 7) is 9.72. The van der Waals surface area contributed by atoms with Crippen molar-refractivity contribution in [1.82, 2.24) is 4.90 Å². The van der Waals surface area contributed by atoms with Gasteiger partial charge in [0.1, 0.15) is 6.61 Å². The minimum absolute atomic E-state index is 0.332. The van der Waals surface area contributed by atoms with E-state index in [0.717, 1.165) is 38.1 Å². The number of hydrogen-bond donors (Lipinski definition) is 0. The Morgan fingerprint density at radius 2 is 0.909 bits per heavy atom. The molecule has 0 amide bonds. The van der Waals surface area contributed by atoms with Gasteiger partial charge in [-0.3, -0.25) is 0 Å². The fourth-order valence-corrected chi connectivity index (χ4v) is 3.87. The van der Waals surface area contributed by atoms with E-state index in [1.54, 1.807) is 0 Å². The first kappa shape index (κ1) is 31.6. The minimum atomic E-state index is -0.499. The molecule has 0 aromatic rings. The molecule has 33 heavy (non-hydrogen) atoms. The van der Waals surface area contributed by atoms with Crippen molar-refractivity contribution in [1.29, 1.82) is 0 Å². The normalized spacial score (nSPS) is 11.4. The van der Waals surface area contributed by atoms with Crippen LogP contribution in [0.2, 0.25) is 0 Å². The van der Waals surface area contributed by atoms with Crippen LogP contribution in [0.5, 0.6) is 0 Å². The van der Waals surface area contributed by atoms with E-state index in [1.165, 1.54) is 89.9 Å². The van der Waals surface area contributed by atoms with Crippen molar-refractivity contribution in [3.8, 4) is 0 Å². The lowest BCUT2D eigenvalue weighted by molar-refractivity contribution is -0.140. The quantitative estimate of drug-likeness (QED) is 0.0851. The van der Waals surface area contributed by atoms with Crippen LogP contribution in [0.1, 0.15) is 124 Å². The Bertz CT molecular complexity index is 475. The van der Waals surface area contributed by atoms with Gasteiger partial charge in [0.15, 0.2) is 0 Å². The summed E-state index contributed by atoms with van der Waals surface area (Å²) < 4.78 is 10.2. The van der Waals surface area contributed by atoms with Gasteiger partial charge >= 0.3 is 11.9 Å². The van der Waals surface area contributed by atoms with Gasteiger partial charge in [0.25, 0.3) is 0 Å². The summed E-state index contributed by atoms with van der Waals surface area (Å²) >= 11 is 0. The maximum absolute atomic E-state index is 11.7. The van der Waals surface area contributed by atoms with Crippen LogP contribution in [0.15, 0.2) is 12.2 Å². The van der Waals surface area contributed by atoms with Crippen molar-refractivity contribution < 1.29 is 19.1 Å². The molecule has 0 aliphatic heterocycles. The molecule has 0 rings (SSSR count). The lowest BCUT2D eigenvalue weighted by Crippen LogP contribution is -2.27. The third kappa shape index (κ3) is 23.6. The van der Waals surface area contributed by atoms with Crippen molar-refractivity contribution >= 4 is 11.9 Å². The van der Waals surface area contributed by atoms with Crippen LogP contribution in [0.25, 0.3) is 0 Å². The molecule has 0 atom stereocenters. The zero-order valence-electron chi connectivity index (χ0n) is 22.1. The molecule has 0 aromatic heterocycles. The smallest absolute Gasteiger partial charge is 0.331 e. The molecule has 0 fully saturated rings. The van der Waals surface area contributed by atoms with E-state index in [1.807, 2.05) is 0 Å². The van der Waals surface area contributed by atoms with Gasteiger partial charge in [0, 0.05) is 18.7 Å². The van der Waals surface area contributed by atoms with Crippen LogP contribution in [-0.2, 0) is 19.1 Å². The summed E-state index contributed by atoms with van der Waals surface area (Å²) in [5.74, 6) is -0.974. The van der Waals surface area contributed by atoms with E-state index in [2.05, 4.69) is 25.7 Å². The van der Waals surface area contributed by atoms with Crippen LogP contribution in [0.4, 0.5) is 0 Å². The van der Waals surface area contributed by atoms with Crippen LogP contribution in [0.3, 0.4) is 0 Å². The molecule has 0 spiro atoms. The second-order valence-corrected chi connectivity index (χ2v) is 9.00. The van der Waals surface area contributed by atoms with Gasteiger partial charge in [0.05, 0.1) is 6.61 Å². The summed E-state index contributed by atoms with van der Waals surface area (Å²) in [5, 5.41) is 0. The summed E-state index contributed by atoms with van der Waals surface area (Å²) in [6, 6.07) is 0. The number of hydrogen-bond acceptors (Lipinski definition) is 5. The maximum atomic E-state index is 11.7. The Balaban J connectivity index is 3.38. The Labute approximate surface area is 204 Å². The van der Waals surface area contributed by atoms with Crippen molar-refractivity contribution in [2.24, 2.45) is 0 Å². The van der Waals surface area contributed by atoms with Gasteiger partial charge in [-0.1, -0.05) is 117 Å². The van der Waals surface area contributed by atoms with Crippen LogP contribution in [-0.4, -0.2) is 49.7 Å². The summed E-state index contributed by atoms with van der Waals surface area (Å²) in [5.41, 5.74) is 0. The molecule has 0 radical (unpaired) electrons. The van der Waals surface area contributed by atoms with Gasteiger partial charge in [-0.15, -0.1) is 0 Å². The molecule has 0 N–H and O–H groups in total. The van der Waals surface area contributed by atoms with Gasteiger partial charge in [-0.25, -0.2) is 9.59 Å². The Kier molecular flexibility index (Phi) is 24.2. The standard InChI is InChI=1S/C28H53NO4/c1-4-7-8-9-10-11-12-13-14-15-16-17-18-19-20-21-25-32-27(30)22-23-28(31)33-26-24-29(5-2)6-3/h22-23H,4-21,24-26H2,1-3H3. The lowest BCUT2D eigenvalue weighted by atomic mass is 10.0. The number of carbonyl (C=O) groups is 2. The maximum Gasteiger partial charge on any atom is 0.331 e. The molecule has 0 saturated carbocycles. The third-order valence-electron chi connectivity index (χ3n) is 6.14. The summed E-state index contributed by atoms with van der Waals surface area (Å²) in [7, 11) is 0. The number of rotatable bonds is 24. The number of likely N-dealkylation sites (N-methyl/N-ethyl adjacent to an activating group) is 1. The number of carbonyl (C=O) groups excluding carboxylic acids is 2. The highest BCUT2D eigenvalue weighted by Gasteiger charge is 2.03. The van der Waals surface area contributed by atoms with Crippen LogP contribution in [0, 0.1) is 0 Å². The highest BCUT2D eigenvalue weighted by Crippen LogP contribution is 2.13. The first-order chi connectivity index (χ1) is 16.1. The number of unbranched alkanes of at least 4 members (excludes halogenated alkanes) is 15. The monoisotopic (exact) mass is 467 g/mol. The second kappa shape index (κ2) is 25.3. The van der Waals surface area contributed by atoms with Crippen molar-refractivity contribution in [3.63, 3.8) is 0 Å².